The van der Waals surface area contributed by atoms with Gasteiger partial charge in [-0.15, -0.1) is 6.42 Å². The van der Waals surface area contributed by atoms with Crippen LogP contribution in [0.1, 0.15) is 25.7 Å². The smallest absolute Gasteiger partial charge is 0.269 e. The van der Waals surface area contributed by atoms with Crippen LogP contribution in [0.2, 0.25) is 0 Å². The van der Waals surface area contributed by atoms with E-state index in [2.05, 4.69) is 10.8 Å². The van der Waals surface area contributed by atoms with Gasteiger partial charge in [0.1, 0.15) is 6.61 Å². The molecule has 0 aliphatic heterocycles. The fourth-order valence-electron chi connectivity index (χ4n) is 1.40. The van der Waals surface area contributed by atoms with E-state index in [0.29, 0.717) is 0 Å². The number of nitrogens with one attached hydrogen (secondary N) is 1. The number of hydrogen-bond donors (Lipinski definition) is 1. The Morgan fingerprint density at radius 3 is 2.77 bits per heavy atom. The van der Waals surface area contributed by atoms with Crippen LogP contribution in [-0.4, -0.2) is 18.2 Å². The quantitative estimate of drug-likeness (QED) is 0.404. The highest BCUT2D eigenvalue weighted by atomic mass is 19.1. The first-order valence-electron chi connectivity index (χ1n) is 4.24. The van der Waals surface area contributed by atoms with Gasteiger partial charge in [-0.3, -0.25) is 9.63 Å². The molecule has 0 radical (unpaired) electrons. The SMILES string of the molecule is C#CCONC(=O)C1(F)CCCC1. The monoisotopic (exact) mass is 185 g/mol. The third kappa shape index (κ3) is 2.43. The minimum absolute atomic E-state index is 0.0399. The topological polar surface area (TPSA) is 38.3 Å². The highest BCUT2D eigenvalue weighted by Crippen LogP contribution is 2.33. The van der Waals surface area contributed by atoms with E-state index in [1.54, 1.807) is 0 Å². The molecule has 0 aromatic rings. The molecule has 1 saturated carbocycles. The van der Waals surface area contributed by atoms with Gasteiger partial charge in [0.05, 0.1) is 0 Å². The van der Waals surface area contributed by atoms with Crippen molar-refractivity contribution in [3.05, 3.63) is 0 Å². The maximum Gasteiger partial charge on any atom is 0.281 e. The molecule has 3 nitrogen and oxygen atoms in total. The lowest BCUT2D eigenvalue weighted by molar-refractivity contribution is -0.144. The Labute approximate surface area is 76.6 Å². The van der Waals surface area contributed by atoms with Gasteiger partial charge in [0.15, 0.2) is 5.67 Å². The summed E-state index contributed by atoms with van der Waals surface area (Å²) in [6.45, 7) is -0.0399. The Hall–Kier alpha value is -1.08. The van der Waals surface area contributed by atoms with E-state index in [1.165, 1.54) is 0 Å². The molecule has 72 valence electrons. The van der Waals surface area contributed by atoms with Gasteiger partial charge < -0.3 is 0 Å². The van der Waals surface area contributed by atoms with E-state index in [-0.39, 0.29) is 19.4 Å². The Kier molecular flexibility index (Phi) is 3.26. The standard InChI is InChI=1S/C9H12FNO2/c1-2-7-13-11-8(12)9(10)5-3-4-6-9/h1H,3-7H2,(H,11,12). The van der Waals surface area contributed by atoms with Gasteiger partial charge in [-0.05, 0) is 25.7 Å². The molecular formula is C9H12FNO2. The van der Waals surface area contributed by atoms with E-state index in [9.17, 15) is 9.18 Å². The zero-order valence-corrected chi connectivity index (χ0v) is 7.31. The van der Waals surface area contributed by atoms with Crippen LogP contribution < -0.4 is 5.48 Å². The average Bonchev–Trinajstić information content (AvgIpc) is 2.54. The molecule has 1 aliphatic carbocycles. The highest BCUT2D eigenvalue weighted by molar-refractivity contribution is 5.84. The molecule has 1 fully saturated rings. The van der Waals surface area contributed by atoms with Crippen molar-refractivity contribution in [1.82, 2.24) is 5.48 Å². The molecule has 0 heterocycles. The first-order valence-corrected chi connectivity index (χ1v) is 4.24. The molecule has 4 heteroatoms. The summed E-state index contributed by atoms with van der Waals surface area (Å²) in [6, 6.07) is 0. The maximum atomic E-state index is 13.6. The number of carbonyl (C=O) groups excluding carboxylic acids is 1. The molecule has 1 N–H and O–H groups in total. The lowest BCUT2D eigenvalue weighted by Gasteiger charge is -2.16. The molecule has 1 aliphatic rings. The predicted octanol–water partition coefficient (Wildman–Crippen LogP) is 0.950. The lowest BCUT2D eigenvalue weighted by Crippen LogP contribution is -2.41. The third-order valence-corrected chi connectivity index (χ3v) is 2.12. The fraction of sp³-hybridized carbons (Fsp3) is 0.667. The molecule has 0 aromatic carbocycles. The molecule has 0 bridgehead atoms. The average molecular weight is 185 g/mol. The van der Waals surface area contributed by atoms with Crippen LogP contribution in [0.25, 0.3) is 0 Å². The molecule has 0 spiro atoms. The van der Waals surface area contributed by atoms with Gasteiger partial charge in [0.25, 0.3) is 5.91 Å². The summed E-state index contributed by atoms with van der Waals surface area (Å²) in [5, 5.41) is 0. The highest BCUT2D eigenvalue weighted by Gasteiger charge is 2.41. The number of amides is 1. The van der Waals surface area contributed by atoms with E-state index in [4.69, 9.17) is 6.42 Å². The van der Waals surface area contributed by atoms with Crippen LogP contribution in [0.5, 0.6) is 0 Å². The molecule has 0 unspecified atom stereocenters. The van der Waals surface area contributed by atoms with Crippen LogP contribution in [0.3, 0.4) is 0 Å². The summed E-state index contributed by atoms with van der Waals surface area (Å²) in [6.07, 6.45) is 6.93. The second-order valence-electron chi connectivity index (χ2n) is 3.10. The number of hydroxylamine groups is 1. The van der Waals surface area contributed by atoms with Gasteiger partial charge >= 0.3 is 0 Å². The van der Waals surface area contributed by atoms with Crippen LogP contribution in [0.15, 0.2) is 0 Å². The van der Waals surface area contributed by atoms with Gasteiger partial charge in [-0.25, -0.2) is 9.87 Å². The second-order valence-corrected chi connectivity index (χ2v) is 3.10. The number of carbonyl (C=O) groups is 1. The largest absolute Gasteiger partial charge is 0.281 e. The second kappa shape index (κ2) is 4.24. The zero-order chi connectivity index (χ0) is 9.73. The van der Waals surface area contributed by atoms with Crippen LogP contribution >= 0.6 is 0 Å². The summed E-state index contributed by atoms with van der Waals surface area (Å²) in [5.41, 5.74) is 0.268. The molecular weight excluding hydrogens is 173 g/mol. The van der Waals surface area contributed by atoms with Crippen molar-refractivity contribution in [2.75, 3.05) is 6.61 Å². The van der Waals surface area contributed by atoms with Crippen molar-refractivity contribution in [3.63, 3.8) is 0 Å². The van der Waals surface area contributed by atoms with E-state index in [0.717, 1.165) is 12.8 Å². The molecule has 1 amide bonds. The third-order valence-electron chi connectivity index (χ3n) is 2.12. The van der Waals surface area contributed by atoms with Crippen molar-refractivity contribution < 1.29 is 14.0 Å². The van der Waals surface area contributed by atoms with Gasteiger partial charge in [0, 0.05) is 0 Å². The summed E-state index contributed by atoms with van der Waals surface area (Å²) >= 11 is 0. The van der Waals surface area contributed by atoms with Crippen LogP contribution in [-0.2, 0) is 9.63 Å². The molecule has 1 rings (SSSR count). The minimum atomic E-state index is -1.74. The van der Waals surface area contributed by atoms with Crippen molar-refractivity contribution in [1.29, 1.82) is 0 Å². The minimum Gasteiger partial charge on any atom is -0.269 e. The number of hydrogen-bond acceptors (Lipinski definition) is 2. The van der Waals surface area contributed by atoms with Gasteiger partial charge in [-0.1, -0.05) is 5.92 Å². The molecule has 13 heavy (non-hydrogen) atoms. The van der Waals surface area contributed by atoms with Crippen LogP contribution in [0, 0.1) is 12.3 Å². The Bertz CT molecular complexity index is 228. The first kappa shape index (κ1) is 10.0. The normalized spacial score (nSPS) is 19.4. The van der Waals surface area contributed by atoms with Crippen molar-refractivity contribution in [3.8, 4) is 12.3 Å². The van der Waals surface area contributed by atoms with Crippen molar-refractivity contribution >= 4 is 5.91 Å². The molecule has 0 atom stereocenters. The van der Waals surface area contributed by atoms with Gasteiger partial charge in [0.2, 0.25) is 0 Å². The zero-order valence-electron chi connectivity index (χ0n) is 7.31. The van der Waals surface area contributed by atoms with E-state index >= 15 is 0 Å². The fourth-order valence-corrected chi connectivity index (χ4v) is 1.40. The maximum absolute atomic E-state index is 13.6. The Morgan fingerprint density at radius 2 is 2.23 bits per heavy atom. The van der Waals surface area contributed by atoms with Gasteiger partial charge in [-0.2, -0.15) is 0 Å². The lowest BCUT2D eigenvalue weighted by atomic mass is 10.0. The summed E-state index contributed by atoms with van der Waals surface area (Å²) in [7, 11) is 0. The Balaban J connectivity index is 2.34. The van der Waals surface area contributed by atoms with E-state index < -0.39 is 11.6 Å². The summed E-state index contributed by atoms with van der Waals surface area (Å²) in [5.74, 6) is 1.46. The summed E-state index contributed by atoms with van der Waals surface area (Å²) < 4.78 is 13.6. The number of halogens is 1. The van der Waals surface area contributed by atoms with Crippen LogP contribution in [0.4, 0.5) is 4.39 Å². The molecule has 0 saturated heterocycles. The molecule has 0 aromatic heterocycles. The first-order chi connectivity index (χ1) is 6.19. The van der Waals surface area contributed by atoms with Crippen molar-refractivity contribution in [2.45, 2.75) is 31.4 Å². The Morgan fingerprint density at radius 1 is 1.62 bits per heavy atom. The summed E-state index contributed by atoms with van der Waals surface area (Å²) in [4.78, 5) is 15.7. The number of alkyl halides is 1. The van der Waals surface area contributed by atoms with E-state index in [1.807, 2.05) is 5.48 Å². The number of rotatable bonds is 3. The predicted molar refractivity (Wildman–Crippen MR) is 45.2 cm³/mol. The number of terminal acetylenes is 1. The van der Waals surface area contributed by atoms with Crippen molar-refractivity contribution in [2.24, 2.45) is 0 Å².